The Hall–Kier alpha value is -1.88. The van der Waals surface area contributed by atoms with Crippen LogP contribution >= 0.6 is 0 Å². The van der Waals surface area contributed by atoms with E-state index in [4.69, 9.17) is 0 Å². The van der Waals surface area contributed by atoms with Crippen LogP contribution in [0.5, 0.6) is 0 Å². The van der Waals surface area contributed by atoms with Crippen LogP contribution in [0.4, 0.5) is 5.69 Å². The van der Waals surface area contributed by atoms with Crippen molar-refractivity contribution in [1.29, 1.82) is 0 Å². The molecule has 5 heteroatoms. The molecule has 0 radical (unpaired) electrons. The smallest absolute Gasteiger partial charge is 0.230 e. The summed E-state index contributed by atoms with van der Waals surface area (Å²) < 4.78 is 0. The summed E-state index contributed by atoms with van der Waals surface area (Å²) in [6.07, 6.45) is 1.84. The number of carbonyl (C=O) groups is 2. The van der Waals surface area contributed by atoms with Crippen molar-refractivity contribution in [2.45, 2.75) is 33.1 Å². The molecule has 1 aromatic carbocycles. The second-order valence-electron chi connectivity index (χ2n) is 7.32. The molecular formula is C19H27N3O2. The number of rotatable bonds is 4. The van der Waals surface area contributed by atoms with Crippen molar-refractivity contribution in [1.82, 2.24) is 9.80 Å². The molecule has 3 rings (SSSR count). The predicted octanol–water partition coefficient (Wildman–Crippen LogP) is 2.33. The molecule has 0 atom stereocenters. The summed E-state index contributed by atoms with van der Waals surface area (Å²) in [5, 5.41) is 0. The van der Waals surface area contributed by atoms with E-state index < -0.39 is 0 Å². The quantitative estimate of drug-likeness (QED) is 0.795. The van der Waals surface area contributed by atoms with Gasteiger partial charge in [-0.3, -0.25) is 19.4 Å². The highest BCUT2D eigenvalue weighted by Crippen LogP contribution is 2.35. The van der Waals surface area contributed by atoms with Gasteiger partial charge in [-0.25, -0.2) is 0 Å². The molecule has 2 fully saturated rings. The largest absolute Gasteiger partial charge is 0.369 e. The van der Waals surface area contributed by atoms with Gasteiger partial charge in [-0.05, 0) is 24.0 Å². The van der Waals surface area contributed by atoms with Gasteiger partial charge in [-0.2, -0.15) is 0 Å². The van der Waals surface area contributed by atoms with Crippen molar-refractivity contribution < 1.29 is 9.59 Å². The minimum atomic E-state index is -0.156. The summed E-state index contributed by atoms with van der Waals surface area (Å²) in [4.78, 5) is 30.8. The Bertz CT molecular complexity index is 576. The maximum Gasteiger partial charge on any atom is 0.230 e. The molecule has 24 heavy (non-hydrogen) atoms. The Labute approximate surface area is 144 Å². The van der Waals surface area contributed by atoms with Gasteiger partial charge in [0.1, 0.15) is 0 Å². The molecule has 0 unspecified atom stereocenters. The molecule has 1 aromatic rings. The van der Waals surface area contributed by atoms with Crippen LogP contribution in [0.2, 0.25) is 0 Å². The Kier molecular flexibility index (Phi) is 4.90. The molecule has 0 spiro atoms. The zero-order valence-electron chi connectivity index (χ0n) is 14.7. The lowest BCUT2D eigenvalue weighted by molar-refractivity contribution is -0.155. The summed E-state index contributed by atoms with van der Waals surface area (Å²) in [7, 11) is 0. The van der Waals surface area contributed by atoms with E-state index in [1.165, 1.54) is 10.6 Å². The number of benzene rings is 1. The van der Waals surface area contributed by atoms with E-state index in [9.17, 15) is 9.59 Å². The number of amides is 2. The predicted molar refractivity (Wildman–Crippen MR) is 94.6 cm³/mol. The minimum absolute atomic E-state index is 0.0129. The average molecular weight is 329 g/mol. The number of nitrogens with zero attached hydrogens (tertiary/aromatic N) is 3. The Morgan fingerprint density at radius 2 is 1.54 bits per heavy atom. The molecule has 0 aromatic heterocycles. The van der Waals surface area contributed by atoms with E-state index in [-0.39, 0.29) is 17.2 Å². The van der Waals surface area contributed by atoms with Crippen molar-refractivity contribution in [3.8, 4) is 0 Å². The second-order valence-corrected chi connectivity index (χ2v) is 7.32. The first-order valence-electron chi connectivity index (χ1n) is 8.86. The first-order chi connectivity index (χ1) is 11.5. The van der Waals surface area contributed by atoms with Crippen molar-refractivity contribution in [2.75, 3.05) is 37.7 Å². The molecule has 2 saturated heterocycles. The molecule has 2 aliphatic rings. The highest BCUT2D eigenvalue weighted by Gasteiger charge is 2.39. The fourth-order valence-corrected chi connectivity index (χ4v) is 3.52. The zero-order chi connectivity index (χ0) is 17.2. The third kappa shape index (κ3) is 3.61. The van der Waals surface area contributed by atoms with Gasteiger partial charge in [0.2, 0.25) is 11.8 Å². The van der Waals surface area contributed by atoms with Crippen LogP contribution in [0, 0.1) is 5.41 Å². The number of likely N-dealkylation sites (tertiary alicyclic amines) is 1. The van der Waals surface area contributed by atoms with Crippen LogP contribution in [0.3, 0.4) is 0 Å². The number of imide groups is 1. The Balaban J connectivity index is 1.55. The van der Waals surface area contributed by atoms with E-state index in [2.05, 4.69) is 41.0 Å². The van der Waals surface area contributed by atoms with Crippen LogP contribution in [0.1, 0.15) is 33.1 Å². The average Bonchev–Trinajstić information content (AvgIpc) is 2.59. The minimum Gasteiger partial charge on any atom is -0.369 e. The molecule has 0 aliphatic carbocycles. The van der Waals surface area contributed by atoms with Crippen molar-refractivity contribution >= 4 is 17.5 Å². The normalized spacial score (nSPS) is 22.1. The standard InChI is InChI=1S/C19H27N3O2/c1-3-19(2)13-17(23)22(18(24)14-19)15-20-9-11-21(12-10-20)16-7-5-4-6-8-16/h4-8H,3,9-15H2,1-2H3. The third-order valence-electron chi connectivity index (χ3n) is 5.45. The highest BCUT2D eigenvalue weighted by molar-refractivity contribution is 5.98. The van der Waals surface area contributed by atoms with Crippen LogP contribution in [0.15, 0.2) is 30.3 Å². The lowest BCUT2D eigenvalue weighted by atomic mass is 9.77. The number of piperidine rings is 1. The number of hydrogen-bond donors (Lipinski definition) is 0. The van der Waals surface area contributed by atoms with E-state index in [1.807, 2.05) is 13.0 Å². The molecule has 130 valence electrons. The third-order valence-corrected chi connectivity index (χ3v) is 5.45. The van der Waals surface area contributed by atoms with Crippen LogP contribution in [-0.4, -0.2) is 54.5 Å². The summed E-state index contributed by atoms with van der Waals surface area (Å²) in [6.45, 7) is 8.13. The summed E-state index contributed by atoms with van der Waals surface area (Å²) in [5.74, 6) is -0.0258. The van der Waals surface area contributed by atoms with E-state index >= 15 is 0 Å². The molecular weight excluding hydrogens is 302 g/mol. The number of para-hydroxylation sites is 1. The van der Waals surface area contributed by atoms with Gasteiger partial charge >= 0.3 is 0 Å². The van der Waals surface area contributed by atoms with Gasteiger partial charge in [0, 0.05) is 44.7 Å². The lowest BCUT2D eigenvalue weighted by Crippen LogP contribution is -2.55. The summed E-state index contributed by atoms with van der Waals surface area (Å²) in [6, 6.07) is 10.4. The van der Waals surface area contributed by atoms with E-state index in [0.29, 0.717) is 19.5 Å². The van der Waals surface area contributed by atoms with Gasteiger partial charge in [0.15, 0.2) is 0 Å². The first-order valence-corrected chi connectivity index (χ1v) is 8.86. The van der Waals surface area contributed by atoms with E-state index in [0.717, 1.165) is 32.6 Å². The molecule has 0 saturated carbocycles. The maximum atomic E-state index is 12.4. The number of piperazine rings is 1. The topological polar surface area (TPSA) is 43.9 Å². The van der Waals surface area contributed by atoms with Crippen LogP contribution in [0.25, 0.3) is 0 Å². The summed E-state index contributed by atoms with van der Waals surface area (Å²) >= 11 is 0. The van der Waals surface area contributed by atoms with Gasteiger partial charge in [-0.1, -0.05) is 32.0 Å². The second kappa shape index (κ2) is 6.93. The van der Waals surface area contributed by atoms with Crippen LogP contribution < -0.4 is 4.90 Å². The fourth-order valence-electron chi connectivity index (χ4n) is 3.52. The molecule has 5 nitrogen and oxygen atoms in total. The van der Waals surface area contributed by atoms with Crippen LogP contribution in [-0.2, 0) is 9.59 Å². The number of anilines is 1. The SMILES string of the molecule is CCC1(C)CC(=O)N(CN2CCN(c3ccccc3)CC2)C(=O)C1. The Morgan fingerprint density at radius 1 is 0.958 bits per heavy atom. The van der Waals surface area contributed by atoms with Crippen molar-refractivity contribution in [3.63, 3.8) is 0 Å². The molecule has 2 heterocycles. The molecule has 2 aliphatic heterocycles. The molecule has 2 amide bonds. The van der Waals surface area contributed by atoms with Gasteiger partial charge in [0.05, 0.1) is 6.67 Å². The van der Waals surface area contributed by atoms with Crippen molar-refractivity contribution in [2.24, 2.45) is 5.41 Å². The molecule has 0 N–H and O–H groups in total. The first kappa shape index (κ1) is 17.0. The summed E-state index contributed by atoms with van der Waals surface area (Å²) in [5.41, 5.74) is 1.08. The number of hydrogen-bond acceptors (Lipinski definition) is 4. The van der Waals surface area contributed by atoms with Crippen molar-refractivity contribution in [3.05, 3.63) is 30.3 Å². The highest BCUT2D eigenvalue weighted by atomic mass is 16.2. The van der Waals surface area contributed by atoms with E-state index in [1.54, 1.807) is 0 Å². The lowest BCUT2D eigenvalue weighted by Gasteiger charge is -2.41. The van der Waals surface area contributed by atoms with Gasteiger partial charge in [-0.15, -0.1) is 0 Å². The number of carbonyl (C=O) groups excluding carboxylic acids is 2. The van der Waals surface area contributed by atoms with Gasteiger partial charge in [0.25, 0.3) is 0 Å². The Morgan fingerprint density at radius 3 is 2.08 bits per heavy atom. The zero-order valence-corrected chi connectivity index (χ0v) is 14.7. The maximum absolute atomic E-state index is 12.4. The monoisotopic (exact) mass is 329 g/mol. The molecule has 0 bridgehead atoms. The fraction of sp³-hybridized carbons (Fsp3) is 0.579. The van der Waals surface area contributed by atoms with Gasteiger partial charge < -0.3 is 4.90 Å².